The molecule has 2 aromatic rings. The highest BCUT2D eigenvalue weighted by Gasteiger charge is 2.20. The Morgan fingerprint density at radius 1 is 1.32 bits per heavy atom. The maximum absolute atomic E-state index is 12.9. The number of imidazole rings is 1. The summed E-state index contributed by atoms with van der Waals surface area (Å²) in [6.07, 6.45) is 4.77. The number of pyridine rings is 1. The number of piperidine rings is 1. The fourth-order valence-electron chi connectivity index (χ4n) is 2.50. The first-order valence-corrected chi connectivity index (χ1v) is 6.66. The predicted octanol–water partition coefficient (Wildman–Crippen LogP) is 2.73. The fourth-order valence-corrected chi connectivity index (χ4v) is 2.50. The van der Waals surface area contributed by atoms with Crippen LogP contribution in [-0.4, -0.2) is 21.5 Å². The summed E-state index contributed by atoms with van der Waals surface area (Å²) in [4.78, 5) is 12.0. The number of H-pyrrole nitrogens is 1. The summed E-state index contributed by atoms with van der Waals surface area (Å²) in [5, 5.41) is 3.46. The van der Waals surface area contributed by atoms with E-state index in [1.165, 1.54) is 25.1 Å². The van der Waals surface area contributed by atoms with Crippen molar-refractivity contribution in [2.75, 3.05) is 6.54 Å². The summed E-state index contributed by atoms with van der Waals surface area (Å²) >= 11 is 0. The second-order valence-electron chi connectivity index (χ2n) is 4.96. The van der Waals surface area contributed by atoms with Crippen molar-refractivity contribution in [2.45, 2.75) is 32.2 Å². The van der Waals surface area contributed by atoms with E-state index in [9.17, 15) is 4.39 Å². The Balaban J connectivity index is 1.90. The molecule has 0 bridgehead atoms. The van der Waals surface area contributed by atoms with E-state index in [4.69, 9.17) is 0 Å². The molecule has 0 aromatic carbocycles. The molecule has 5 heteroatoms. The third-order valence-electron chi connectivity index (χ3n) is 3.51. The van der Waals surface area contributed by atoms with Crippen LogP contribution in [0.1, 0.15) is 36.8 Å². The van der Waals surface area contributed by atoms with Crippen LogP contribution >= 0.6 is 0 Å². The van der Waals surface area contributed by atoms with E-state index in [1.807, 2.05) is 6.92 Å². The molecule has 0 saturated carbocycles. The Kier molecular flexibility index (Phi) is 3.29. The first kappa shape index (κ1) is 12.3. The second-order valence-corrected chi connectivity index (χ2v) is 4.96. The first-order chi connectivity index (χ1) is 9.24. The molecule has 1 fully saturated rings. The van der Waals surface area contributed by atoms with Crippen molar-refractivity contribution in [2.24, 2.45) is 0 Å². The van der Waals surface area contributed by atoms with Crippen molar-refractivity contribution in [3.05, 3.63) is 35.7 Å². The summed E-state index contributed by atoms with van der Waals surface area (Å²) in [6.45, 7) is 3.01. The van der Waals surface area contributed by atoms with Gasteiger partial charge in [-0.15, -0.1) is 0 Å². The molecule has 2 aromatic heterocycles. The van der Waals surface area contributed by atoms with Gasteiger partial charge in [-0.25, -0.2) is 9.37 Å². The Labute approximate surface area is 111 Å². The third kappa shape index (κ3) is 2.51. The van der Waals surface area contributed by atoms with Gasteiger partial charge in [-0.05, 0) is 38.4 Å². The van der Waals surface area contributed by atoms with Crippen LogP contribution in [0.15, 0.2) is 18.3 Å². The number of hydrogen-bond donors (Lipinski definition) is 2. The minimum Gasteiger partial charge on any atom is -0.344 e. The molecule has 1 atom stereocenters. The molecule has 0 radical (unpaired) electrons. The van der Waals surface area contributed by atoms with Crippen LogP contribution in [0, 0.1) is 12.7 Å². The lowest BCUT2D eigenvalue weighted by molar-refractivity contribution is 0.399. The highest BCUT2D eigenvalue weighted by atomic mass is 19.1. The summed E-state index contributed by atoms with van der Waals surface area (Å²) < 4.78 is 12.9. The van der Waals surface area contributed by atoms with Crippen LogP contribution < -0.4 is 5.32 Å². The molecule has 1 saturated heterocycles. The smallest absolute Gasteiger partial charge is 0.141 e. The standard InChI is InChI=1S/C14H17FN4/c1-9-13(11-6-5-10(15)8-17-11)19-14(18-9)12-4-2-3-7-16-12/h5-6,8,12,16H,2-4,7H2,1H3,(H,18,19). The lowest BCUT2D eigenvalue weighted by Gasteiger charge is -2.21. The van der Waals surface area contributed by atoms with Crippen LogP contribution in [0.25, 0.3) is 11.4 Å². The quantitative estimate of drug-likeness (QED) is 0.873. The van der Waals surface area contributed by atoms with Gasteiger partial charge in [0.25, 0.3) is 0 Å². The molecule has 0 amide bonds. The lowest BCUT2D eigenvalue weighted by Crippen LogP contribution is -2.27. The van der Waals surface area contributed by atoms with Crippen molar-refractivity contribution in [1.29, 1.82) is 0 Å². The summed E-state index contributed by atoms with van der Waals surface area (Å²) in [7, 11) is 0. The molecule has 1 aliphatic heterocycles. The average Bonchev–Trinajstić information content (AvgIpc) is 2.83. The Morgan fingerprint density at radius 3 is 2.89 bits per heavy atom. The summed E-state index contributed by atoms with van der Waals surface area (Å²) in [5.74, 6) is 0.629. The molecule has 1 aliphatic rings. The van der Waals surface area contributed by atoms with Gasteiger partial charge < -0.3 is 10.3 Å². The van der Waals surface area contributed by atoms with Crippen molar-refractivity contribution >= 4 is 0 Å². The lowest BCUT2D eigenvalue weighted by atomic mass is 10.0. The number of hydrogen-bond acceptors (Lipinski definition) is 3. The number of rotatable bonds is 2. The highest BCUT2D eigenvalue weighted by Crippen LogP contribution is 2.25. The van der Waals surface area contributed by atoms with Gasteiger partial charge in [0.2, 0.25) is 0 Å². The van der Waals surface area contributed by atoms with Crippen LogP contribution in [0.3, 0.4) is 0 Å². The zero-order valence-corrected chi connectivity index (χ0v) is 10.9. The Morgan fingerprint density at radius 2 is 2.21 bits per heavy atom. The molecule has 19 heavy (non-hydrogen) atoms. The highest BCUT2D eigenvalue weighted by molar-refractivity contribution is 5.57. The number of aryl methyl sites for hydroxylation is 1. The fraction of sp³-hybridized carbons (Fsp3) is 0.429. The maximum Gasteiger partial charge on any atom is 0.141 e. The molecule has 0 spiro atoms. The monoisotopic (exact) mass is 260 g/mol. The van der Waals surface area contributed by atoms with Gasteiger partial charge in [0.15, 0.2) is 0 Å². The third-order valence-corrected chi connectivity index (χ3v) is 3.51. The molecule has 3 rings (SSSR count). The van der Waals surface area contributed by atoms with Gasteiger partial charge in [-0.1, -0.05) is 6.42 Å². The normalized spacial score (nSPS) is 19.6. The van der Waals surface area contributed by atoms with E-state index in [2.05, 4.69) is 20.3 Å². The number of nitrogens with zero attached hydrogens (tertiary/aromatic N) is 2. The zero-order chi connectivity index (χ0) is 13.2. The topological polar surface area (TPSA) is 53.6 Å². The molecular weight excluding hydrogens is 243 g/mol. The minimum atomic E-state index is -0.328. The summed E-state index contributed by atoms with van der Waals surface area (Å²) in [6, 6.07) is 3.37. The van der Waals surface area contributed by atoms with E-state index < -0.39 is 0 Å². The zero-order valence-electron chi connectivity index (χ0n) is 10.9. The SMILES string of the molecule is Cc1[nH]c(C2CCCCN2)nc1-c1ccc(F)cn1. The average molecular weight is 260 g/mol. The number of halogens is 1. The van der Waals surface area contributed by atoms with Crippen molar-refractivity contribution in [1.82, 2.24) is 20.3 Å². The molecule has 0 aliphatic carbocycles. The van der Waals surface area contributed by atoms with Crippen molar-refractivity contribution < 1.29 is 4.39 Å². The van der Waals surface area contributed by atoms with Gasteiger partial charge in [-0.2, -0.15) is 0 Å². The number of aromatic amines is 1. The van der Waals surface area contributed by atoms with E-state index >= 15 is 0 Å². The van der Waals surface area contributed by atoms with E-state index in [1.54, 1.807) is 6.07 Å². The number of aromatic nitrogens is 3. The largest absolute Gasteiger partial charge is 0.344 e. The second kappa shape index (κ2) is 5.09. The van der Waals surface area contributed by atoms with Crippen LogP contribution in [0.5, 0.6) is 0 Å². The van der Waals surface area contributed by atoms with Gasteiger partial charge in [-0.3, -0.25) is 4.98 Å². The van der Waals surface area contributed by atoms with Gasteiger partial charge in [0.1, 0.15) is 17.3 Å². The molecule has 2 N–H and O–H groups in total. The van der Waals surface area contributed by atoms with Gasteiger partial charge in [0, 0.05) is 5.69 Å². The first-order valence-electron chi connectivity index (χ1n) is 6.66. The van der Waals surface area contributed by atoms with Gasteiger partial charge >= 0.3 is 0 Å². The summed E-state index contributed by atoms with van der Waals surface area (Å²) in [5.41, 5.74) is 2.49. The Bertz CT molecular complexity index is 555. The maximum atomic E-state index is 12.9. The molecule has 100 valence electrons. The van der Waals surface area contributed by atoms with Crippen molar-refractivity contribution in [3.63, 3.8) is 0 Å². The molecule has 1 unspecified atom stereocenters. The van der Waals surface area contributed by atoms with E-state index in [-0.39, 0.29) is 5.82 Å². The van der Waals surface area contributed by atoms with Gasteiger partial charge in [0.05, 0.1) is 17.9 Å². The predicted molar refractivity (Wildman–Crippen MR) is 71.1 cm³/mol. The van der Waals surface area contributed by atoms with Crippen LogP contribution in [-0.2, 0) is 0 Å². The molecule has 3 heterocycles. The molecule has 4 nitrogen and oxygen atoms in total. The van der Waals surface area contributed by atoms with Crippen LogP contribution in [0.4, 0.5) is 4.39 Å². The van der Waals surface area contributed by atoms with Crippen LogP contribution in [0.2, 0.25) is 0 Å². The number of nitrogens with one attached hydrogen (secondary N) is 2. The van der Waals surface area contributed by atoms with E-state index in [0.29, 0.717) is 11.7 Å². The minimum absolute atomic E-state index is 0.293. The van der Waals surface area contributed by atoms with E-state index in [0.717, 1.165) is 30.2 Å². The Hall–Kier alpha value is -1.75. The molecular formula is C14H17FN4. The van der Waals surface area contributed by atoms with Crippen molar-refractivity contribution in [3.8, 4) is 11.4 Å².